The number of rotatable bonds is 0. The smallest absolute Gasteiger partial charge is 0.246 e. The highest BCUT2D eigenvalue weighted by Gasteiger charge is 2.29. The van der Waals surface area contributed by atoms with E-state index in [-0.39, 0.29) is 11.6 Å². The summed E-state index contributed by atoms with van der Waals surface area (Å²) in [6.07, 6.45) is 0. The van der Waals surface area contributed by atoms with E-state index in [0.29, 0.717) is 10.7 Å². The van der Waals surface area contributed by atoms with Gasteiger partial charge in [0.1, 0.15) is 4.90 Å². The van der Waals surface area contributed by atoms with Crippen LogP contribution in [-0.2, 0) is 10.0 Å². The van der Waals surface area contributed by atoms with Crippen LogP contribution in [0.1, 0.15) is 0 Å². The van der Waals surface area contributed by atoms with Crippen LogP contribution in [0.2, 0.25) is 5.02 Å². The molecule has 2 rings (SSSR count). The summed E-state index contributed by atoms with van der Waals surface area (Å²) >= 11 is 5.87. The predicted octanol–water partition coefficient (Wildman–Crippen LogP) is 1.34. The molecule has 0 amide bonds. The lowest BCUT2D eigenvalue weighted by Gasteiger charge is -2.26. The Bertz CT molecular complexity index is 472. The molecule has 76 valence electrons. The predicted molar refractivity (Wildman–Crippen MR) is 54.9 cm³/mol. The van der Waals surface area contributed by atoms with Crippen molar-refractivity contribution in [3.8, 4) is 0 Å². The maximum atomic E-state index is 11.8. The number of nitrogens with zero attached hydrogens (tertiary/aromatic N) is 1. The molecule has 1 aliphatic rings. The van der Waals surface area contributed by atoms with Crippen molar-refractivity contribution in [2.75, 3.05) is 19.0 Å². The van der Waals surface area contributed by atoms with Gasteiger partial charge in [-0.3, -0.25) is 0 Å². The van der Waals surface area contributed by atoms with Gasteiger partial charge in [-0.25, -0.2) is 8.42 Å². The zero-order chi connectivity index (χ0) is 10.3. The Morgan fingerprint density at radius 1 is 1.50 bits per heavy atom. The van der Waals surface area contributed by atoms with Gasteiger partial charge < -0.3 is 5.32 Å². The molecule has 0 spiro atoms. The minimum Gasteiger partial charge on any atom is -0.369 e. The lowest BCUT2D eigenvalue weighted by molar-refractivity contribution is 0.482. The van der Waals surface area contributed by atoms with Gasteiger partial charge in [0.25, 0.3) is 0 Å². The molecule has 0 fully saturated rings. The molecule has 4 nitrogen and oxygen atoms in total. The molecular formula is C8H9ClN2O2S. The number of hydrogen-bond donors (Lipinski definition) is 1. The molecule has 0 saturated heterocycles. The lowest BCUT2D eigenvalue weighted by atomic mass is 10.3. The molecule has 6 heteroatoms. The van der Waals surface area contributed by atoms with Gasteiger partial charge in [-0.2, -0.15) is 4.31 Å². The fourth-order valence-corrected chi connectivity index (χ4v) is 2.89. The van der Waals surface area contributed by atoms with Crippen molar-refractivity contribution < 1.29 is 8.42 Å². The van der Waals surface area contributed by atoms with Crippen LogP contribution in [0.4, 0.5) is 5.69 Å². The van der Waals surface area contributed by atoms with Crippen molar-refractivity contribution in [3.63, 3.8) is 0 Å². The van der Waals surface area contributed by atoms with Crippen LogP contribution in [0.5, 0.6) is 0 Å². The zero-order valence-corrected chi connectivity index (χ0v) is 9.06. The highest BCUT2D eigenvalue weighted by atomic mass is 35.5. The molecule has 0 aliphatic carbocycles. The quantitative estimate of drug-likeness (QED) is 0.735. The topological polar surface area (TPSA) is 49.4 Å². The van der Waals surface area contributed by atoms with Crippen LogP contribution in [0, 0.1) is 0 Å². The molecule has 1 aromatic rings. The third-order valence-electron chi connectivity index (χ3n) is 2.14. The van der Waals surface area contributed by atoms with Crippen molar-refractivity contribution >= 4 is 27.3 Å². The summed E-state index contributed by atoms with van der Waals surface area (Å²) in [5, 5.41) is 3.38. The Balaban J connectivity index is 2.71. The van der Waals surface area contributed by atoms with Gasteiger partial charge in [0.2, 0.25) is 10.0 Å². The fraction of sp³-hybridized carbons (Fsp3) is 0.250. The molecule has 0 unspecified atom stereocenters. The molecule has 0 radical (unpaired) electrons. The van der Waals surface area contributed by atoms with Gasteiger partial charge in [-0.15, -0.1) is 0 Å². The van der Waals surface area contributed by atoms with Gasteiger partial charge in [-0.05, 0) is 12.1 Å². The Hall–Kier alpha value is -0.780. The molecular weight excluding hydrogens is 224 g/mol. The fourth-order valence-electron chi connectivity index (χ4n) is 1.33. The molecule has 1 aromatic carbocycles. The van der Waals surface area contributed by atoms with Gasteiger partial charge >= 0.3 is 0 Å². The van der Waals surface area contributed by atoms with E-state index < -0.39 is 10.0 Å². The first-order chi connectivity index (χ1) is 6.53. The summed E-state index contributed by atoms with van der Waals surface area (Å²) in [5.41, 5.74) is 0.493. The third kappa shape index (κ3) is 1.28. The molecule has 1 heterocycles. The Morgan fingerprint density at radius 3 is 2.93 bits per heavy atom. The number of nitrogens with one attached hydrogen (secondary N) is 1. The standard InChI is InChI=1S/C8H9ClN2O2S/c1-11-5-10-8-6(9)3-2-4-7(8)14(11,12)13/h2-4,10H,5H2,1H3. The molecule has 0 aromatic heterocycles. The highest BCUT2D eigenvalue weighted by molar-refractivity contribution is 7.89. The molecule has 0 bridgehead atoms. The number of sulfonamides is 1. The third-order valence-corrected chi connectivity index (χ3v) is 4.30. The first kappa shape index (κ1) is 9.76. The van der Waals surface area contributed by atoms with Crippen LogP contribution in [0.3, 0.4) is 0 Å². The average molecular weight is 233 g/mol. The number of anilines is 1. The monoisotopic (exact) mass is 232 g/mol. The van der Waals surface area contributed by atoms with Crippen molar-refractivity contribution in [2.45, 2.75) is 4.90 Å². The first-order valence-corrected chi connectivity index (χ1v) is 5.84. The number of hydrogen-bond acceptors (Lipinski definition) is 3. The largest absolute Gasteiger partial charge is 0.369 e. The number of para-hydroxylation sites is 1. The van der Waals surface area contributed by atoms with Crippen LogP contribution >= 0.6 is 11.6 Å². The highest BCUT2D eigenvalue weighted by Crippen LogP contribution is 2.33. The molecule has 1 N–H and O–H groups in total. The zero-order valence-electron chi connectivity index (χ0n) is 7.49. The molecule has 0 saturated carbocycles. The molecule has 14 heavy (non-hydrogen) atoms. The Labute approximate surface area is 87.5 Å². The van der Waals surface area contributed by atoms with Gasteiger partial charge in [0, 0.05) is 7.05 Å². The van der Waals surface area contributed by atoms with Crippen molar-refractivity contribution in [1.82, 2.24) is 4.31 Å². The van der Waals surface area contributed by atoms with Crippen LogP contribution < -0.4 is 5.32 Å². The van der Waals surface area contributed by atoms with Crippen molar-refractivity contribution in [3.05, 3.63) is 23.2 Å². The van der Waals surface area contributed by atoms with Crippen LogP contribution in [0.15, 0.2) is 23.1 Å². The summed E-state index contributed by atoms with van der Waals surface area (Å²) in [6.45, 7) is 0.249. The lowest BCUT2D eigenvalue weighted by Crippen LogP contribution is -2.36. The molecule has 1 aliphatic heterocycles. The summed E-state index contributed by atoms with van der Waals surface area (Å²) < 4.78 is 24.8. The van der Waals surface area contributed by atoms with E-state index >= 15 is 0 Å². The first-order valence-electron chi connectivity index (χ1n) is 4.02. The van der Waals surface area contributed by atoms with E-state index in [4.69, 9.17) is 11.6 Å². The summed E-state index contributed by atoms with van der Waals surface area (Å²) in [4.78, 5) is 0.235. The van der Waals surface area contributed by atoms with E-state index in [0.717, 1.165) is 0 Å². The maximum absolute atomic E-state index is 11.8. The number of fused-ring (bicyclic) bond motifs is 1. The van der Waals surface area contributed by atoms with Crippen molar-refractivity contribution in [1.29, 1.82) is 0 Å². The van der Waals surface area contributed by atoms with Gasteiger partial charge in [0.05, 0.1) is 17.4 Å². The summed E-state index contributed by atoms with van der Waals surface area (Å²) in [7, 11) is -1.84. The van der Waals surface area contributed by atoms with Crippen LogP contribution in [0.25, 0.3) is 0 Å². The van der Waals surface area contributed by atoms with Gasteiger partial charge in [-0.1, -0.05) is 17.7 Å². The SMILES string of the molecule is CN1CNc2c(Cl)cccc2S1(=O)=O. The minimum absolute atomic E-state index is 0.235. The van der Waals surface area contributed by atoms with E-state index in [1.54, 1.807) is 18.2 Å². The van der Waals surface area contributed by atoms with E-state index in [1.165, 1.54) is 11.4 Å². The number of halogens is 1. The summed E-state index contributed by atoms with van der Waals surface area (Å²) in [6, 6.07) is 4.83. The van der Waals surface area contributed by atoms with Crippen LogP contribution in [-0.4, -0.2) is 26.4 Å². The Morgan fingerprint density at radius 2 is 2.21 bits per heavy atom. The van der Waals surface area contributed by atoms with Crippen molar-refractivity contribution in [2.24, 2.45) is 0 Å². The average Bonchev–Trinajstić information content (AvgIpc) is 2.13. The second-order valence-corrected chi connectivity index (χ2v) is 5.47. The molecule has 0 atom stereocenters. The van der Waals surface area contributed by atoms with Gasteiger partial charge in [0.15, 0.2) is 0 Å². The Kier molecular flexibility index (Phi) is 2.17. The normalized spacial score (nSPS) is 19.9. The second kappa shape index (κ2) is 3.12. The maximum Gasteiger partial charge on any atom is 0.246 e. The number of benzene rings is 1. The van der Waals surface area contributed by atoms with E-state index in [2.05, 4.69) is 5.32 Å². The van der Waals surface area contributed by atoms with E-state index in [1.807, 2.05) is 0 Å². The van der Waals surface area contributed by atoms with E-state index in [9.17, 15) is 8.42 Å². The summed E-state index contributed by atoms with van der Waals surface area (Å²) in [5.74, 6) is 0. The minimum atomic E-state index is -3.36. The second-order valence-electron chi connectivity index (χ2n) is 3.05.